The van der Waals surface area contributed by atoms with Crippen LogP contribution in [0.3, 0.4) is 0 Å². The van der Waals surface area contributed by atoms with Gasteiger partial charge in [0, 0.05) is 6.92 Å². The van der Waals surface area contributed by atoms with Crippen LogP contribution in [0.5, 0.6) is 0 Å². The van der Waals surface area contributed by atoms with Crippen LogP contribution in [0, 0.1) is 0 Å². The Balaban J connectivity index is 3.06. The van der Waals surface area contributed by atoms with Crippen LogP contribution in [-0.2, 0) is 9.53 Å². The van der Waals surface area contributed by atoms with Gasteiger partial charge in [-0.25, -0.2) is 0 Å². The van der Waals surface area contributed by atoms with E-state index in [2.05, 4.69) is 13.0 Å². The molecule has 0 aliphatic rings. The van der Waals surface area contributed by atoms with Crippen molar-refractivity contribution in [1.29, 1.82) is 0 Å². The molecule has 0 unspecified atom stereocenters. The summed E-state index contributed by atoms with van der Waals surface area (Å²) in [5.41, 5.74) is 0. The summed E-state index contributed by atoms with van der Waals surface area (Å²) >= 11 is 0. The van der Waals surface area contributed by atoms with E-state index in [-0.39, 0.29) is 5.97 Å². The molecule has 0 heterocycles. The Hall–Kier alpha value is -0.790. The summed E-state index contributed by atoms with van der Waals surface area (Å²) in [5.74, 6) is -0.209. The van der Waals surface area contributed by atoms with E-state index in [1.807, 2.05) is 6.08 Å². The Labute approximate surface area is 93.7 Å². The van der Waals surface area contributed by atoms with Gasteiger partial charge in [0.05, 0.1) is 0 Å². The van der Waals surface area contributed by atoms with Gasteiger partial charge in [0.15, 0.2) is 0 Å². The van der Waals surface area contributed by atoms with Gasteiger partial charge in [0.2, 0.25) is 0 Å². The Morgan fingerprint density at radius 1 is 1.07 bits per heavy atom. The Bertz CT molecular complexity index is 173. The van der Waals surface area contributed by atoms with Crippen molar-refractivity contribution in [3.05, 3.63) is 12.2 Å². The van der Waals surface area contributed by atoms with Crippen molar-refractivity contribution < 1.29 is 9.53 Å². The van der Waals surface area contributed by atoms with Crippen LogP contribution in [0.2, 0.25) is 0 Å². The number of carbonyl (C=O) groups is 1. The second-order valence-electron chi connectivity index (χ2n) is 3.83. The molecule has 0 saturated carbocycles. The van der Waals surface area contributed by atoms with Gasteiger partial charge in [-0.3, -0.25) is 4.79 Å². The Morgan fingerprint density at radius 2 is 1.73 bits per heavy atom. The predicted octanol–water partition coefficient (Wildman–Crippen LogP) is 3.86. The molecule has 0 atom stereocenters. The molecule has 0 spiro atoms. The first-order chi connectivity index (χ1) is 7.27. The molecule has 0 aromatic rings. The van der Waals surface area contributed by atoms with Crippen LogP contribution in [0.15, 0.2) is 12.2 Å². The van der Waals surface area contributed by atoms with Gasteiger partial charge in [-0.15, -0.1) is 0 Å². The smallest absolute Gasteiger partial charge is 0.302 e. The second kappa shape index (κ2) is 11.3. The number of unbranched alkanes of at least 4 members (excludes halogenated alkanes) is 6. The topological polar surface area (TPSA) is 26.3 Å². The Kier molecular flexibility index (Phi) is 10.7. The highest BCUT2D eigenvalue weighted by Gasteiger charge is 1.89. The molecular weight excluding hydrogens is 188 g/mol. The highest BCUT2D eigenvalue weighted by atomic mass is 16.5. The molecule has 0 aliphatic heterocycles. The van der Waals surface area contributed by atoms with E-state index in [4.69, 9.17) is 4.74 Å². The van der Waals surface area contributed by atoms with Gasteiger partial charge in [0.1, 0.15) is 6.61 Å². The fraction of sp³-hybridized carbons (Fsp3) is 0.769. The lowest BCUT2D eigenvalue weighted by molar-refractivity contribution is -0.139. The summed E-state index contributed by atoms with van der Waals surface area (Å²) in [6.45, 7) is 4.09. The van der Waals surface area contributed by atoms with Gasteiger partial charge < -0.3 is 4.74 Å². The van der Waals surface area contributed by atoms with E-state index >= 15 is 0 Å². The quantitative estimate of drug-likeness (QED) is 0.329. The maximum absolute atomic E-state index is 10.4. The molecule has 0 saturated heterocycles. The lowest BCUT2D eigenvalue weighted by Crippen LogP contribution is -1.97. The highest BCUT2D eigenvalue weighted by molar-refractivity contribution is 5.65. The van der Waals surface area contributed by atoms with Crippen molar-refractivity contribution in [3.63, 3.8) is 0 Å². The van der Waals surface area contributed by atoms with E-state index in [1.54, 1.807) is 0 Å². The van der Waals surface area contributed by atoms with E-state index in [9.17, 15) is 4.79 Å². The predicted molar refractivity (Wildman–Crippen MR) is 63.8 cm³/mol. The zero-order valence-corrected chi connectivity index (χ0v) is 10.1. The fourth-order valence-corrected chi connectivity index (χ4v) is 1.39. The van der Waals surface area contributed by atoms with E-state index in [1.165, 1.54) is 45.4 Å². The molecule has 2 heteroatoms. The molecule has 0 fully saturated rings. The molecule has 0 bridgehead atoms. The average molecular weight is 212 g/mol. The van der Waals surface area contributed by atoms with E-state index < -0.39 is 0 Å². The third-order valence-corrected chi connectivity index (χ3v) is 2.27. The molecule has 0 radical (unpaired) electrons. The Morgan fingerprint density at radius 3 is 2.40 bits per heavy atom. The van der Waals surface area contributed by atoms with E-state index in [0.717, 1.165) is 6.42 Å². The highest BCUT2D eigenvalue weighted by Crippen LogP contribution is 2.06. The largest absolute Gasteiger partial charge is 0.462 e. The maximum atomic E-state index is 10.4. The van der Waals surface area contributed by atoms with Crippen molar-refractivity contribution in [1.82, 2.24) is 0 Å². The number of hydrogen-bond donors (Lipinski definition) is 0. The van der Waals surface area contributed by atoms with Crippen molar-refractivity contribution in [2.75, 3.05) is 6.61 Å². The molecule has 88 valence electrons. The van der Waals surface area contributed by atoms with Crippen molar-refractivity contribution in [2.24, 2.45) is 0 Å². The minimum absolute atomic E-state index is 0.209. The number of ether oxygens (including phenoxy) is 1. The third kappa shape index (κ3) is 13.2. The zero-order chi connectivity index (χ0) is 11.4. The zero-order valence-electron chi connectivity index (χ0n) is 10.1. The van der Waals surface area contributed by atoms with Crippen LogP contribution in [-0.4, -0.2) is 12.6 Å². The maximum Gasteiger partial charge on any atom is 0.302 e. The van der Waals surface area contributed by atoms with Crippen molar-refractivity contribution in [2.45, 2.75) is 58.8 Å². The summed E-state index contributed by atoms with van der Waals surface area (Å²) in [6, 6.07) is 0. The van der Waals surface area contributed by atoms with Gasteiger partial charge >= 0.3 is 5.97 Å². The van der Waals surface area contributed by atoms with Crippen molar-refractivity contribution in [3.8, 4) is 0 Å². The normalized spacial score (nSPS) is 10.8. The first-order valence-corrected chi connectivity index (χ1v) is 6.05. The first kappa shape index (κ1) is 14.2. The summed E-state index contributed by atoms with van der Waals surface area (Å²) in [4.78, 5) is 10.4. The summed E-state index contributed by atoms with van der Waals surface area (Å²) in [6.07, 6.45) is 13.1. The molecule has 0 amide bonds. The van der Waals surface area contributed by atoms with E-state index in [0.29, 0.717) is 6.61 Å². The first-order valence-electron chi connectivity index (χ1n) is 6.05. The molecule has 0 aromatic carbocycles. The lowest BCUT2D eigenvalue weighted by Gasteiger charge is -1.98. The standard InChI is InChI=1S/C13H24O2/c1-3-4-5-6-7-8-9-10-11-12-15-13(2)14/h10-11H,3-9,12H2,1-2H3/b11-10+. The number of esters is 1. The fourth-order valence-electron chi connectivity index (χ4n) is 1.39. The molecular formula is C13H24O2. The van der Waals surface area contributed by atoms with Gasteiger partial charge in [-0.1, -0.05) is 51.2 Å². The van der Waals surface area contributed by atoms with Gasteiger partial charge in [-0.2, -0.15) is 0 Å². The molecule has 0 N–H and O–H groups in total. The number of rotatable bonds is 9. The second-order valence-corrected chi connectivity index (χ2v) is 3.83. The number of allylic oxidation sites excluding steroid dienone is 1. The number of carbonyl (C=O) groups excluding carboxylic acids is 1. The van der Waals surface area contributed by atoms with Crippen LogP contribution >= 0.6 is 0 Å². The molecule has 0 rings (SSSR count). The third-order valence-electron chi connectivity index (χ3n) is 2.27. The van der Waals surface area contributed by atoms with Crippen LogP contribution in [0.25, 0.3) is 0 Å². The van der Waals surface area contributed by atoms with Gasteiger partial charge in [0.25, 0.3) is 0 Å². The van der Waals surface area contributed by atoms with Crippen molar-refractivity contribution >= 4 is 5.97 Å². The molecule has 15 heavy (non-hydrogen) atoms. The molecule has 2 nitrogen and oxygen atoms in total. The summed E-state index contributed by atoms with van der Waals surface area (Å²) in [5, 5.41) is 0. The minimum atomic E-state index is -0.209. The summed E-state index contributed by atoms with van der Waals surface area (Å²) < 4.78 is 4.78. The number of hydrogen-bond acceptors (Lipinski definition) is 2. The monoisotopic (exact) mass is 212 g/mol. The van der Waals surface area contributed by atoms with Crippen LogP contribution in [0.1, 0.15) is 58.8 Å². The lowest BCUT2D eigenvalue weighted by atomic mass is 10.1. The SMILES string of the molecule is CCCCCCCC/C=C/COC(C)=O. The summed E-state index contributed by atoms with van der Waals surface area (Å²) in [7, 11) is 0. The molecule has 0 aliphatic carbocycles. The minimum Gasteiger partial charge on any atom is -0.462 e. The van der Waals surface area contributed by atoms with Crippen LogP contribution < -0.4 is 0 Å². The van der Waals surface area contributed by atoms with Gasteiger partial charge in [-0.05, 0) is 12.8 Å². The molecule has 0 aromatic heterocycles. The average Bonchev–Trinajstić information content (AvgIpc) is 2.20. The van der Waals surface area contributed by atoms with Crippen LogP contribution in [0.4, 0.5) is 0 Å².